The van der Waals surface area contributed by atoms with Gasteiger partial charge in [-0.25, -0.2) is 9.97 Å². The standard InChI is InChI=1S/C11H14BrN3/c1-7(2)4-9-10-8(12)5-15(3)11(10)14-6-13-9/h5-7H,4H2,1-3H3. The van der Waals surface area contributed by atoms with Crippen LogP contribution in [-0.4, -0.2) is 14.5 Å². The summed E-state index contributed by atoms with van der Waals surface area (Å²) in [6.45, 7) is 4.40. The molecule has 0 aliphatic carbocycles. The van der Waals surface area contributed by atoms with Crippen molar-refractivity contribution in [3.05, 3.63) is 22.7 Å². The van der Waals surface area contributed by atoms with Gasteiger partial charge < -0.3 is 4.57 Å². The summed E-state index contributed by atoms with van der Waals surface area (Å²) < 4.78 is 3.10. The molecule has 0 radical (unpaired) electrons. The van der Waals surface area contributed by atoms with Crippen molar-refractivity contribution in [2.24, 2.45) is 13.0 Å². The van der Waals surface area contributed by atoms with Gasteiger partial charge in [0.05, 0.1) is 11.1 Å². The molecule has 0 bridgehead atoms. The second kappa shape index (κ2) is 3.93. The highest BCUT2D eigenvalue weighted by Crippen LogP contribution is 2.27. The molecule has 0 amide bonds. The van der Waals surface area contributed by atoms with Crippen LogP contribution in [0.2, 0.25) is 0 Å². The van der Waals surface area contributed by atoms with Gasteiger partial charge in [0, 0.05) is 17.7 Å². The van der Waals surface area contributed by atoms with E-state index in [1.807, 2.05) is 17.8 Å². The van der Waals surface area contributed by atoms with Crippen LogP contribution in [0.15, 0.2) is 17.0 Å². The summed E-state index contributed by atoms with van der Waals surface area (Å²) in [6, 6.07) is 0. The quantitative estimate of drug-likeness (QED) is 0.838. The summed E-state index contributed by atoms with van der Waals surface area (Å²) in [5.41, 5.74) is 2.12. The minimum atomic E-state index is 0.607. The summed E-state index contributed by atoms with van der Waals surface area (Å²) in [5.74, 6) is 0.607. The molecule has 0 N–H and O–H groups in total. The Labute approximate surface area is 97.7 Å². The molecule has 0 spiro atoms. The molecule has 80 valence electrons. The molecule has 2 aromatic rings. The second-order valence-corrected chi connectivity index (χ2v) is 5.06. The number of halogens is 1. The first kappa shape index (κ1) is 10.6. The van der Waals surface area contributed by atoms with Gasteiger partial charge in [-0.3, -0.25) is 0 Å². The smallest absolute Gasteiger partial charge is 0.144 e. The number of aryl methyl sites for hydroxylation is 1. The molecule has 15 heavy (non-hydrogen) atoms. The number of nitrogens with zero attached hydrogens (tertiary/aromatic N) is 3. The van der Waals surface area contributed by atoms with E-state index in [9.17, 15) is 0 Å². The summed E-state index contributed by atoms with van der Waals surface area (Å²) >= 11 is 3.56. The third-order valence-electron chi connectivity index (χ3n) is 2.39. The van der Waals surface area contributed by atoms with Gasteiger partial charge in [0.25, 0.3) is 0 Å². The molecule has 0 aliphatic rings. The molecule has 2 aromatic heterocycles. The highest BCUT2D eigenvalue weighted by atomic mass is 79.9. The zero-order valence-corrected chi connectivity index (χ0v) is 10.7. The maximum Gasteiger partial charge on any atom is 0.144 e. The van der Waals surface area contributed by atoms with E-state index in [4.69, 9.17) is 0 Å². The van der Waals surface area contributed by atoms with Crippen LogP contribution in [-0.2, 0) is 13.5 Å². The molecule has 3 nitrogen and oxygen atoms in total. The number of hydrogen-bond donors (Lipinski definition) is 0. The van der Waals surface area contributed by atoms with Crippen LogP contribution in [0.4, 0.5) is 0 Å². The number of fused-ring (bicyclic) bond motifs is 1. The van der Waals surface area contributed by atoms with Crippen molar-refractivity contribution in [1.29, 1.82) is 0 Å². The van der Waals surface area contributed by atoms with Crippen molar-refractivity contribution in [3.63, 3.8) is 0 Å². The Morgan fingerprint density at radius 1 is 1.40 bits per heavy atom. The van der Waals surface area contributed by atoms with Crippen LogP contribution >= 0.6 is 15.9 Å². The first-order chi connectivity index (χ1) is 7.09. The largest absolute Gasteiger partial charge is 0.334 e. The molecule has 4 heteroatoms. The fourth-order valence-electron chi connectivity index (χ4n) is 1.76. The molecule has 0 saturated carbocycles. The first-order valence-electron chi connectivity index (χ1n) is 5.04. The van der Waals surface area contributed by atoms with Gasteiger partial charge in [-0.1, -0.05) is 13.8 Å². The summed E-state index contributed by atoms with van der Waals surface area (Å²) in [5, 5.41) is 1.15. The van der Waals surface area contributed by atoms with E-state index in [0.717, 1.165) is 27.6 Å². The third-order valence-corrected chi connectivity index (χ3v) is 2.99. The Morgan fingerprint density at radius 2 is 2.13 bits per heavy atom. The number of aromatic nitrogens is 3. The van der Waals surface area contributed by atoms with Crippen molar-refractivity contribution in [3.8, 4) is 0 Å². The Morgan fingerprint density at radius 3 is 2.80 bits per heavy atom. The van der Waals surface area contributed by atoms with Crippen LogP contribution < -0.4 is 0 Å². The predicted molar refractivity (Wildman–Crippen MR) is 64.8 cm³/mol. The fraction of sp³-hybridized carbons (Fsp3) is 0.455. The van der Waals surface area contributed by atoms with Gasteiger partial charge in [0.2, 0.25) is 0 Å². The van der Waals surface area contributed by atoms with Crippen LogP contribution in [0.3, 0.4) is 0 Å². The number of rotatable bonds is 2. The zero-order valence-electron chi connectivity index (χ0n) is 9.16. The third kappa shape index (κ3) is 1.91. The van der Waals surface area contributed by atoms with E-state index < -0.39 is 0 Å². The average molecular weight is 268 g/mol. The normalized spacial score (nSPS) is 11.5. The van der Waals surface area contributed by atoms with Gasteiger partial charge in [-0.05, 0) is 28.3 Å². The van der Waals surface area contributed by atoms with Crippen LogP contribution in [0, 0.1) is 5.92 Å². The SMILES string of the molecule is CC(C)Cc1ncnc2c1c(Br)cn2C. The lowest BCUT2D eigenvalue weighted by Gasteiger charge is -2.05. The lowest BCUT2D eigenvalue weighted by atomic mass is 10.1. The van der Waals surface area contributed by atoms with E-state index in [2.05, 4.69) is 39.7 Å². The molecular formula is C11H14BrN3. The van der Waals surface area contributed by atoms with Gasteiger partial charge in [0.1, 0.15) is 12.0 Å². The Hall–Kier alpha value is -0.900. The lowest BCUT2D eigenvalue weighted by molar-refractivity contribution is 0.638. The van der Waals surface area contributed by atoms with E-state index in [1.54, 1.807) is 6.33 Å². The Balaban J connectivity index is 2.64. The van der Waals surface area contributed by atoms with Crippen molar-refractivity contribution < 1.29 is 0 Å². The monoisotopic (exact) mass is 267 g/mol. The van der Waals surface area contributed by atoms with Crippen LogP contribution in [0.1, 0.15) is 19.5 Å². The topological polar surface area (TPSA) is 30.7 Å². The molecule has 0 aliphatic heterocycles. The molecule has 0 unspecified atom stereocenters. The van der Waals surface area contributed by atoms with Crippen molar-refractivity contribution >= 4 is 27.0 Å². The minimum absolute atomic E-state index is 0.607. The minimum Gasteiger partial charge on any atom is -0.334 e. The molecule has 0 fully saturated rings. The van der Waals surface area contributed by atoms with Crippen molar-refractivity contribution in [1.82, 2.24) is 14.5 Å². The molecule has 2 rings (SSSR count). The van der Waals surface area contributed by atoms with Crippen LogP contribution in [0.5, 0.6) is 0 Å². The molecule has 0 saturated heterocycles. The summed E-state index contributed by atoms with van der Waals surface area (Å²) in [4.78, 5) is 8.66. The summed E-state index contributed by atoms with van der Waals surface area (Å²) in [6.07, 6.45) is 4.66. The van der Waals surface area contributed by atoms with Gasteiger partial charge in [-0.15, -0.1) is 0 Å². The van der Waals surface area contributed by atoms with Gasteiger partial charge in [-0.2, -0.15) is 0 Å². The van der Waals surface area contributed by atoms with Crippen molar-refractivity contribution in [2.45, 2.75) is 20.3 Å². The molecule has 0 atom stereocenters. The Bertz CT molecular complexity index is 488. The zero-order chi connectivity index (χ0) is 11.0. The maximum absolute atomic E-state index is 4.37. The molecule has 0 aromatic carbocycles. The van der Waals surface area contributed by atoms with Crippen LogP contribution in [0.25, 0.3) is 11.0 Å². The van der Waals surface area contributed by atoms with E-state index in [-0.39, 0.29) is 0 Å². The maximum atomic E-state index is 4.37. The average Bonchev–Trinajstić information content (AvgIpc) is 2.43. The second-order valence-electron chi connectivity index (χ2n) is 4.20. The number of hydrogen-bond acceptors (Lipinski definition) is 2. The van der Waals surface area contributed by atoms with Gasteiger partial charge in [0.15, 0.2) is 0 Å². The summed E-state index contributed by atoms with van der Waals surface area (Å²) in [7, 11) is 2.00. The molecule has 2 heterocycles. The van der Waals surface area contributed by atoms with E-state index in [0.29, 0.717) is 5.92 Å². The highest BCUT2D eigenvalue weighted by molar-refractivity contribution is 9.10. The van der Waals surface area contributed by atoms with Gasteiger partial charge >= 0.3 is 0 Å². The predicted octanol–water partition coefficient (Wildman–Crippen LogP) is 2.93. The molecular weight excluding hydrogens is 254 g/mol. The van der Waals surface area contributed by atoms with Crippen molar-refractivity contribution in [2.75, 3.05) is 0 Å². The first-order valence-corrected chi connectivity index (χ1v) is 5.83. The lowest BCUT2D eigenvalue weighted by Crippen LogP contribution is -1.99. The Kier molecular flexibility index (Phi) is 2.78. The fourth-order valence-corrected chi connectivity index (χ4v) is 2.47. The highest BCUT2D eigenvalue weighted by Gasteiger charge is 2.12. The van der Waals surface area contributed by atoms with E-state index >= 15 is 0 Å². The van der Waals surface area contributed by atoms with E-state index in [1.165, 1.54) is 0 Å².